The van der Waals surface area contributed by atoms with Crippen LogP contribution in [0.15, 0.2) is 54.9 Å². The Morgan fingerprint density at radius 1 is 1.12 bits per heavy atom. The molecule has 0 radical (unpaired) electrons. The van der Waals surface area contributed by atoms with Crippen LogP contribution in [0.3, 0.4) is 0 Å². The molecular formula is C24H27F3N2O4. The van der Waals surface area contributed by atoms with Gasteiger partial charge in [-0.3, -0.25) is 9.78 Å². The molecule has 1 N–H and O–H groups in total. The van der Waals surface area contributed by atoms with E-state index < -0.39 is 12.1 Å². The number of amides is 1. The first-order valence-corrected chi connectivity index (χ1v) is 10.8. The summed E-state index contributed by atoms with van der Waals surface area (Å²) in [6, 6.07) is 14.0. The molecule has 1 aliphatic heterocycles. The number of ether oxygens (including phenoxy) is 1. The van der Waals surface area contributed by atoms with Gasteiger partial charge in [-0.05, 0) is 42.0 Å². The zero-order chi connectivity index (χ0) is 23.9. The van der Waals surface area contributed by atoms with Gasteiger partial charge in [0.15, 0.2) is 0 Å². The molecule has 2 aliphatic rings. The van der Waals surface area contributed by atoms with E-state index in [-0.39, 0.29) is 11.3 Å². The van der Waals surface area contributed by atoms with Crippen LogP contribution in [0.2, 0.25) is 0 Å². The number of nitrogens with zero attached hydrogens (tertiary/aromatic N) is 2. The highest BCUT2D eigenvalue weighted by atomic mass is 19.4. The van der Waals surface area contributed by atoms with E-state index in [9.17, 15) is 18.0 Å². The number of aliphatic carboxylic acids is 1. The fourth-order valence-corrected chi connectivity index (χ4v) is 4.57. The monoisotopic (exact) mass is 464 g/mol. The van der Waals surface area contributed by atoms with E-state index in [0.29, 0.717) is 18.9 Å². The Morgan fingerprint density at radius 3 is 2.42 bits per heavy atom. The van der Waals surface area contributed by atoms with Gasteiger partial charge in [0.1, 0.15) is 0 Å². The molecule has 0 spiro atoms. The van der Waals surface area contributed by atoms with Gasteiger partial charge < -0.3 is 14.7 Å². The highest BCUT2D eigenvalue weighted by molar-refractivity contribution is 5.79. The van der Waals surface area contributed by atoms with Crippen molar-refractivity contribution < 1.29 is 32.6 Å². The average Bonchev–Trinajstić information content (AvgIpc) is 3.32. The number of hydrogen-bond acceptors (Lipinski definition) is 4. The summed E-state index contributed by atoms with van der Waals surface area (Å²) in [6.07, 6.45) is 2.66. The Hall–Kier alpha value is -2.94. The van der Waals surface area contributed by atoms with Gasteiger partial charge in [-0.15, -0.1) is 0 Å². The van der Waals surface area contributed by atoms with Gasteiger partial charge in [0.05, 0.1) is 19.6 Å². The number of rotatable bonds is 6. The molecule has 4 rings (SSSR count). The van der Waals surface area contributed by atoms with Crippen LogP contribution in [0.25, 0.3) is 0 Å². The van der Waals surface area contributed by atoms with Crippen molar-refractivity contribution in [1.82, 2.24) is 9.88 Å². The minimum Gasteiger partial charge on any atom is -0.475 e. The minimum atomic E-state index is -5.08. The van der Waals surface area contributed by atoms with E-state index in [1.54, 1.807) is 12.4 Å². The van der Waals surface area contributed by atoms with E-state index in [2.05, 4.69) is 9.88 Å². The molecule has 1 saturated heterocycles. The van der Waals surface area contributed by atoms with Gasteiger partial charge in [0, 0.05) is 30.9 Å². The number of benzene rings is 1. The SMILES string of the molecule is O=C(Cc1ccccc1)N1C[C@H]2CCC[C@@]2(COCc2ccncc2)C1.O=C(O)C(F)(F)F. The van der Waals surface area contributed by atoms with Crippen molar-refractivity contribution >= 4 is 11.9 Å². The van der Waals surface area contributed by atoms with Crippen molar-refractivity contribution in [3.05, 3.63) is 66.0 Å². The predicted molar refractivity (Wildman–Crippen MR) is 114 cm³/mol. The maximum atomic E-state index is 12.8. The molecule has 2 heterocycles. The van der Waals surface area contributed by atoms with E-state index in [1.165, 1.54) is 19.3 Å². The number of carboxylic acids is 1. The van der Waals surface area contributed by atoms with Gasteiger partial charge in [0.2, 0.25) is 5.91 Å². The van der Waals surface area contributed by atoms with Crippen molar-refractivity contribution in [1.29, 1.82) is 0 Å². The standard InChI is InChI=1S/C22H26N2O2.C2HF3O2/c25-21(13-18-5-2-1-3-6-18)24-14-20-7-4-10-22(20,16-24)17-26-15-19-8-11-23-12-9-19;3-2(4,5)1(6)7/h1-3,5-6,8-9,11-12,20H,4,7,10,13-17H2;(H,6,7)/t20-,22+;/m1./s1. The van der Waals surface area contributed by atoms with Crippen LogP contribution in [0.1, 0.15) is 30.4 Å². The second-order valence-electron chi connectivity index (χ2n) is 8.54. The molecule has 1 aliphatic carbocycles. The third-order valence-electron chi connectivity index (χ3n) is 6.24. The lowest BCUT2D eigenvalue weighted by molar-refractivity contribution is -0.192. The highest BCUT2D eigenvalue weighted by Crippen LogP contribution is 2.49. The number of fused-ring (bicyclic) bond motifs is 1. The molecule has 9 heteroatoms. The Labute approximate surface area is 190 Å². The lowest BCUT2D eigenvalue weighted by Gasteiger charge is -2.28. The number of carbonyl (C=O) groups excluding carboxylic acids is 1. The first-order valence-electron chi connectivity index (χ1n) is 10.8. The molecule has 33 heavy (non-hydrogen) atoms. The smallest absolute Gasteiger partial charge is 0.475 e. The number of halogens is 3. The molecule has 0 bridgehead atoms. The van der Waals surface area contributed by atoms with Crippen LogP contribution in [0.5, 0.6) is 0 Å². The van der Waals surface area contributed by atoms with E-state index in [0.717, 1.165) is 30.8 Å². The predicted octanol–water partition coefficient (Wildman–Crippen LogP) is 4.10. The van der Waals surface area contributed by atoms with Gasteiger partial charge in [-0.1, -0.05) is 36.8 Å². The Kier molecular flexibility index (Phi) is 8.07. The number of carbonyl (C=O) groups is 2. The van der Waals surface area contributed by atoms with Crippen molar-refractivity contribution in [2.45, 2.75) is 38.5 Å². The van der Waals surface area contributed by atoms with Crippen LogP contribution >= 0.6 is 0 Å². The molecule has 6 nitrogen and oxygen atoms in total. The van der Waals surface area contributed by atoms with Gasteiger partial charge >= 0.3 is 12.1 Å². The number of likely N-dealkylation sites (tertiary alicyclic amines) is 1. The molecule has 0 unspecified atom stereocenters. The fraction of sp³-hybridized carbons (Fsp3) is 0.458. The molecule has 1 amide bonds. The Balaban J connectivity index is 0.000000383. The largest absolute Gasteiger partial charge is 0.490 e. The molecule has 178 valence electrons. The minimum absolute atomic E-state index is 0.152. The number of carboxylic acid groups (broad SMARTS) is 1. The summed E-state index contributed by atoms with van der Waals surface area (Å²) in [5.74, 6) is -1.92. The van der Waals surface area contributed by atoms with Crippen LogP contribution in [-0.4, -0.2) is 52.7 Å². The van der Waals surface area contributed by atoms with Crippen molar-refractivity contribution in [3.8, 4) is 0 Å². The van der Waals surface area contributed by atoms with Crippen molar-refractivity contribution in [3.63, 3.8) is 0 Å². The average molecular weight is 464 g/mol. The van der Waals surface area contributed by atoms with E-state index >= 15 is 0 Å². The van der Waals surface area contributed by atoms with E-state index in [4.69, 9.17) is 14.6 Å². The maximum Gasteiger partial charge on any atom is 0.490 e. The summed E-state index contributed by atoms with van der Waals surface area (Å²) < 4.78 is 37.8. The first kappa shape index (κ1) is 24.7. The van der Waals surface area contributed by atoms with Crippen molar-refractivity contribution in [2.24, 2.45) is 11.3 Å². The lowest BCUT2D eigenvalue weighted by atomic mass is 9.81. The van der Waals surface area contributed by atoms with Crippen LogP contribution in [0.4, 0.5) is 13.2 Å². The van der Waals surface area contributed by atoms with Crippen LogP contribution < -0.4 is 0 Å². The summed E-state index contributed by atoms with van der Waals surface area (Å²) in [5, 5.41) is 7.12. The zero-order valence-electron chi connectivity index (χ0n) is 18.1. The molecule has 2 aromatic rings. The number of hydrogen-bond donors (Lipinski definition) is 1. The van der Waals surface area contributed by atoms with Crippen LogP contribution in [-0.2, 0) is 27.4 Å². The molecule has 1 saturated carbocycles. The second kappa shape index (κ2) is 10.8. The fourth-order valence-electron chi connectivity index (χ4n) is 4.57. The number of aromatic nitrogens is 1. The van der Waals surface area contributed by atoms with Crippen molar-refractivity contribution in [2.75, 3.05) is 19.7 Å². The first-order chi connectivity index (χ1) is 15.7. The zero-order valence-corrected chi connectivity index (χ0v) is 18.1. The Bertz CT molecular complexity index is 924. The summed E-state index contributed by atoms with van der Waals surface area (Å²) in [7, 11) is 0. The second-order valence-corrected chi connectivity index (χ2v) is 8.54. The van der Waals surface area contributed by atoms with Gasteiger partial charge in [-0.2, -0.15) is 13.2 Å². The molecule has 2 atom stereocenters. The molecule has 1 aromatic carbocycles. The quantitative estimate of drug-likeness (QED) is 0.696. The summed E-state index contributed by atoms with van der Waals surface area (Å²) >= 11 is 0. The lowest BCUT2D eigenvalue weighted by Crippen LogP contribution is -2.35. The summed E-state index contributed by atoms with van der Waals surface area (Å²) in [6.45, 7) is 3.11. The summed E-state index contributed by atoms with van der Waals surface area (Å²) in [5.41, 5.74) is 2.40. The highest BCUT2D eigenvalue weighted by Gasteiger charge is 2.50. The van der Waals surface area contributed by atoms with Gasteiger partial charge in [0.25, 0.3) is 0 Å². The molecule has 2 fully saturated rings. The maximum absolute atomic E-state index is 12.8. The number of alkyl halides is 3. The van der Waals surface area contributed by atoms with E-state index in [1.807, 2.05) is 42.5 Å². The normalized spacial score (nSPS) is 21.8. The molecular weight excluding hydrogens is 437 g/mol. The number of pyridine rings is 1. The van der Waals surface area contributed by atoms with Crippen LogP contribution in [0, 0.1) is 11.3 Å². The third kappa shape index (κ3) is 6.77. The third-order valence-corrected chi connectivity index (χ3v) is 6.24. The molecule has 1 aromatic heterocycles. The Morgan fingerprint density at radius 2 is 1.79 bits per heavy atom. The topological polar surface area (TPSA) is 79.7 Å². The summed E-state index contributed by atoms with van der Waals surface area (Å²) in [4.78, 5) is 27.8. The van der Waals surface area contributed by atoms with Gasteiger partial charge in [-0.25, -0.2) is 4.79 Å².